The van der Waals surface area contributed by atoms with Crippen molar-refractivity contribution in [1.29, 1.82) is 0 Å². The molecule has 19 heavy (non-hydrogen) atoms. The highest BCUT2D eigenvalue weighted by molar-refractivity contribution is 7.99. The predicted molar refractivity (Wildman–Crippen MR) is 73.7 cm³/mol. The lowest BCUT2D eigenvalue weighted by Crippen LogP contribution is -2.58. The van der Waals surface area contributed by atoms with Gasteiger partial charge in [0.1, 0.15) is 5.92 Å². The van der Waals surface area contributed by atoms with Gasteiger partial charge in [-0.1, -0.05) is 13.3 Å². The van der Waals surface area contributed by atoms with Crippen LogP contribution in [0.5, 0.6) is 0 Å². The Morgan fingerprint density at radius 3 is 2.58 bits per heavy atom. The van der Waals surface area contributed by atoms with Gasteiger partial charge in [0.2, 0.25) is 11.8 Å². The zero-order chi connectivity index (χ0) is 13.8. The van der Waals surface area contributed by atoms with Crippen molar-refractivity contribution in [3.05, 3.63) is 0 Å². The first-order chi connectivity index (χ1) is 9.13. The number of carbonyl (C=O) groups is 3. The monoisotopic (exact) mass is 284 g/mol. The van der Waals surface area contributed by atoms with Crippen LogP contribution in [-0.4, -0.2) is 40.8 Å². The van der Waals surface area contributed by atoms with Crippen molar-refractivity contribution in [1.82, 2.24) is 10.2 Å². The molecule has 2 aliphatic heterocycles. The highest BCUT2D eigenvalue weighted by Crippen LogP contribution is 2.25. The normalized spacial score (nSPS) is 25.6. The van der Waals surface area contributed by atoms with Gasteiger partial charge in [-0.3, -0.25) is 19.8 Å². The Morgan fingerprint density at radius 2 is 1.95 bits per heavy atom. The van der Waals surface area contributed by atoms with Crippen LogP contribution < -0.4 is 5.32 Å². The third kappa shape index (κ3) is 3.29. The molecule has 1 atom stereocenters. The SMILES string of the molecule is CCCC1C(=O)NC(=O)N(CC2CCSCC2)C1=O. The highest BCUT2D eigenvalue weighted by Gasteiger charge is 2.40. The number of imide groups is 2. The molecule has 0 radical (unpaired) electrons. The molecule has 1 unspecified atom stereocenters. The van der Waals surface area contributed by atoms with Gasteiger partial charge in [-0.05, 0) is 36.7 Å². The van der Waals surface area contributed by atoms with Crippen LogP contribution in [0.2, 0.25) is 0 Å². The fourth-order valence-electron chi connectivity index (χ4n) is 2.56. The zero-order valence-corrected chi connectivity index (χ0v) is 12.0. The molecule has 1 N–H and O–H groups in total. The van der Waals surface area contributed by atoms with Gasteiger partial charge in [-0.2, -0.15) is 11.8 Å². The van der Waals surface area contributed by atoms with Crippen molar-refractivity contribution in [3.8, 4) is 0 Å². The molecule has 6 heteroatoms. The van der Waals surface area contributed by atoms with E-state index >= 15 is 0 Å². The van der Waals surface area contributed by atoms with Crippen molar-refractivity contribution < 1.29 is 14.4 Å². The Kier molecular flexibility index (Phi) is 4.85. The standard InChI is InChI=1S/C13H20N2O3S/c1-2-3-10-11(16)14-13(18)15(12(10)17)8-9-4-6-19-7-5-9/h9-10H,2-8H2,1H3,(H,14,16,18). The lowest BCUT2D eigenvalue weighted by molar-refractivity contribution is -0.143. The van der Waals surface area contributed by atoms with E-state index in [0.29, 0.717) is 18.9 Å². The van der Waals surface area contributed by atoms with Crippen LogP contribution in [0.1, 0.15) is 32.6 Å². The summed E-state index contributed by atoms with van der Waals surface area (Å²) in [5.41, 5.74) is 0. The zero-order valence-electron chi connectivity index (χ0n) is 11.2. The summed E-state index contributed by atoms with van der Waals surface area (Å²) >= 11 is 1.91. The van der Waals surface area contributed by atoms with Crippen LogP contribution in [0.4, 0.5) is 4.79 Å². The van der Waals surface area contributed by atoms with E-state index in [1.54, 1.807) is 0 Å². The lowest BCUT2D eigenvalue weighted by Gasteiger charge is -2.33. The Bertz CT molecular complexity index is 380. The quantitative estimate of drug-likeness (QED) is 0.797. The number of urea groups is 1. The van der Waals surface area contributed by atoms with Gasteiger partial charge >= 0.3 is 6.03 Å². The van der Waals surface area contributed by atoms with Gasteiger partial charge in [0.15, 0.2) is 0 Å². The number of carbonyl (C=O) groups excluding carboxylic acids is 3. The van der Waals surface area contributed by atoms with Gasteiger partial charge in [-0.25, -0.2) is 4.79 Å². The summed E-state index contributed by atoms with van der Waals surface area (Å²) < 4.78 is 0. The molecule has 2 fully saturated rings. The van der Waals surface area contributed by atoms with Crippen LogP contribution in [0.3, 0.4) is 0 Å². The molecule has 4 amide bonds. The fraction of sp³-hybridized carbons (Fsp3) is 0.769. The summed E-state index contributed by atoms with van der Waals surface area (Å²) in [4.78, 5) is 37.0. The summed E-state index contributed by atoms with van der Waals surface area (Å²) in [5.74, 6) is 1.13. The molecule has 2 aliphatic rings. The number of nitrogens with one attached hydrogen (secondary N) is 1. The minimum atomic E-state index is -0.680. The van der Waals surface area contributed by atoms with Gasteiger partial charge in [0, 0.05) is 6.54 Å². The molecule has 5 nitrogen and oxygen atoms in total. The lowest BCUT2D eigenvalue weighted by atomic mass is 9.96. The van der Waals surface area contributed by atoms with Gasteiger partial charge in [0.25, 0.3) is 0 Å². The first-order valence-corrected chi connectivity index (χ1v) is 8.03. The molecular formula is C13H20N2O3S. The minimum Gasteiger partial charge on any atom is -0.277 e. The molecule has 0 spiro atoms. The number of amides is 4. The smallest absolute Gasteiger partial charge is 0.277 e. The van der Waals surface area contributed by atoms with Crippen molar-refractivity contribution in [2.75, 3.05) is 18.1 Å². The molecule has 0 aromatic carbocycles. The third-order valence-electron chi connectivity index (χ3n) is 3.71. The largest absolute Gasteiger partial charge is 0.330 e. The van der Waals surface area contributed by atoms with Crippen molar-refractivity contribution in [2.45, 2.75) is 32.6 Å². The average Bonchev–Trinajstić information content (AvgIpc) is 2.41. The summed E-state index contributed by atoms with van der Waals surface area (Å²) in [6.07, 6.45) is 3.34. The minimum absolute atomic E-state index is 0.311. The Morgan fingerprint density at radius 1 is 1.26 bits per heavy atom. The van der Waals surface area contributed by atoms with E-state index in [9.17, 15) is 14.4 Å². The Balaban J connectivity index is 2.02. The number of thioether (sulfide) groups is 1. The molecule has 0 bridgehead atoms. The summed E-state index contributed by atoms with van der Waals surface area (Å²) in [6.45, 7) is 2.39. The number of hydrogen-bond acceptors (Lipinski definition) is 4. The second kappa shape index (κ2) is 6.41. The van der Waals surface area contributed by atoms with E-state index < -0.39 is 17.9 Å². The van der Waals surface area contributed by atoms with Crippen molar-refractivity contribution >= 4 is 29.6 Å². The maximum atomic E-state index is 12.2. The van der Waals surface area contributed by atoms with Crippen LogP contribution in [0.25, 0.3) is 0 Å². The van der Waals surface area contributed by atoms with Crippen LogP contribution >= 0.6 is 11.8 Å². The van der Waals surface area contributed by atoms with Crippen LogP contribution in [0.15, 0.2) is 0 Å². The second-order valence-corrected chi connectivity index (χ2v) is 6.37. The molecule has 0 aliphatic carbocycles. The predicted octanol–water partition coefficient (Wildman–Crippen LogP) is 1.62. The molecular weight excluding hydrogens is 264 g/mol. The van der Waals surface area contributed by atoms with Gasteiger partial charge in [-0.15, -0.1) is 0 Å². The van der Waals surface area contributed by atoms with Crippen molar-refractivity contribution in [3.63, 3.8) is 0 Å². The van der Waals surface area contributed by atoms with Gasteiger partial charge in [0.05, 0.1) is 0 Å². The van der Waals surface area contributed by atoms with Gasteiger partial charge < -0.3 is 0 Å². The van der Waals surface area contributed by atoms with E-state index in [4.69, 9.17) is 0 Å². The molecule has 0 aromatic heterocycles. The third-order valence-corrected chi connectivity index (χ3v) is 4.76. The topological polar surface area (TPSA) is 66.5 Å². The first kappa shape index (κ1) is 14.4. The van der Waals surface area contributed by atoms with E-state index in [1.165, 1.54) is 4.90 Å². The molecule has 106 valence electrons. The van der Waals surface area contributed by atoms with E-state index in [0.717, 1.165) is 30.8 Å². The molecule has 0 aromatic rings. The Hall–Kier alpha value is -1.04. The Labute approximate surface area is 117 Å². The molecule has 2 saturated heterocycles. The molecule has 2 heterocycles. The van der Waals surface area contributed by atoms with E-state index in [-0.39, 0.29) is 5.91 Å². The molecule has 2 rings (SSSR count). The second-order valence-electron chi connectivity index (χ2n) is 5.14. The molecule has 0 saturated carbocycles. The van der Waals surface area contributed by atoms with E-state index in [2.05, 4.69) is 5.32 Å². The van der Waals surface area contributed by atoms with Crippen LogP contribution in [0, 0.1) is 11.8 Å². The summed E-state index contributed by atoms with van der Waals surface area (Å²) in [6, 6.07) is -0.541. The number of rotatable bonds is 4. The average molecular weight is 284 g/mol. The summed E-state index contributed by atoms with van der Waals surface area (Å²) in [7, 11) is 0. The maximum absolute atomic E-state index is 12.2. The highest BCUT2D eigenvalue weighted by atomic mass is 32.2. The maximum Gasteiger partial charge on any atom is 0.330 e. The number of hydrogen-bond donors (Lipinski definition) is 1. The van der Waals surface area contributed by atoms with Crippen LogP contribution in [-0.2, 0) is 9.59 Å². The number of barbiturate groups is 1. The number of nitrogens with zero attached hydrogens (tertiary/aromatic N) is 1. The first-order valence-electron chi connectivity index (χ1n) is 6.87. The van der Waals surface area contributed by atoms with Crippen molar-refractivity contribution in [2.24, 2.45) is 11.8 Å². The van der Waals surface area contributed by atoms with E-state index in [1.807, 2.05) is 18.7 Å². The fourth-order valence-corrected chi connectivity index (χ4v) is 3.77. The summed E-state index contributed by atoms with van der Waals surface area (Å²) in [5, 5.41) is 2.31.